The zero-order valence-electron chi connectivity index (χ0n) is 16.8. The fourth-order valence-electron chi connectivity index (χ4n) is 5.68. The quantitative estimate of drug-likeness (QED) is 0.508. The fourth-order valence-corrected chi connectivity index (χ4v) is 7.83. The van der Waals surface area contributed by atoms with E-state index in [4.69, 9.17) is 11.6 Å². The van der Waals surface area contributed by atoms with Crippen molar-refractivity contribution in [1.29, 1.82) is 0 Å². The van der Waals surface area contributed by atoms with E-state index in [1.54, 1.807) is 23.9 Å². The number of rotatable bonds is 3. The topological polar surface area (TPSA) is 49.4 Å². The third-order valence-electron chi connectivity index (χ3n) is 6.88. The van der Waals surface area contributed by atoms with E-state index in [9.17, 15) is 14.0 Å². The van der Waals surface area contributed by atoms with Gasteiger partial charge in [-0.1, -0.05) is 29.8 Å². The third kappa shape index (κ3) is 2.71. The molecule has 0 unspecified atom stereocenters. The van der Waals surface area contributed by atoms with Crippen molar-refractivity contribution in [2.24, 2.45) is 5.92 Å². The Morgan fingerprint density at radius 2 is 2.00 bits per heavy atom. The van der Waals surface area contributed by atoms with E-state index < -0.39 is 17.3 Å². The van der Waals surface area contributed by atoms with Gasteiger partial charge < -0.3 is 5.32 Å². The maximum atomic E-state index is 14.5. The molecule has 4 heterocycles. The van der Waals surface area contributed by atoms with Crippen molar-refractivity contribution in [3.8, 4) is 0 Å². The highest BCUT2D eigenvalue weighted by Gasteiger charge is 2.69. The van der Waals surface area contributed by atoms with Crippen molar-refractivity contribution in [2.45, 2.75) is 17.5 Å². The summed E-state index contributed by atoms with van der Waals surface area (Å²) < 4.78 is 14.5. The van der Waals surface area contributed by atoms with Crippen LogP contribution in [0.3, 0.4) is 0 Å². The molecule has 162 valence electrons. The fraction of sp³-hybridized carbons (Fsp3) is 0.250. The Morgan fingerprint density at radius 1 is 1.19 bits per heavy atom. The molecular weight excluding hydrogens is 467 g/mol. The summed E-state index contributed by atoms with van der Waals surface area (Å²) in [6.45, 7) is 0. The minimum Gasteiger partial charge on any atom is -0.324 e. The van der Waals surface area contributed by atoms with Crippen molar-refractivity contribution < 1.29 is 14.0 Å². The van der Waals surface area contributed by atoms with Gasteiger partial charge in [0.15, 0.2) is 5.78 Å². The molecule has 4 atom stereocenters. The minimum atomic E-state index is -1.25. The molecular formula is C24H18ClFN2O2S2. The maximum absolute atomic E-state index is 14.5. The van der Waals surface area contributed by atoms with Gasteiger partial charge in [-0.15, -0.1) is 23.1 Å². The Balaban J connectivity index is 1.63. The number of fused-ring (bicyclic) bond motifs is 4. The summed E-state index contributed by atoms with van der Waals surface area (Å²) in [5.74, 6) is -0.259. The van der Waals surface area contributed by atoms with E-state index in [0.717, 1.165) is 11.3 Å². The number of nitrogens with one attached hydrogen (secondary N) is 1. The lowest BCUT2D eigenvalue weighted by molar-refractivity contribution is -0.127. The van der Waals surface area contributed by atoms with Gasteiger partial charge in [0, 0.05) is 39.9 Å². The average molecular weight is 485 g/mol. The highest BCUT2D eigenvalue weighted by molar-refractivity contribution is 7.99. The van der Waals surface area contributed by atoms with Crippen LogP contribution in [0.5, 0.6) is 0 Å². The molecule has 2 saturated heterocycles. The first-order valence-corrected chi connectivity index (χ1v) is 12.7. The van der Waals surface area contributed by atoms with E-state index in [2.05, 4.69) is 10.2 Å². The summed E-state index contributed by atoms with van der Waals surface area (Å²) in [6.07, 6.45) is 0. The van der Waals surface area contributed by atoms with Crippen LogP contribution in [0.4, 0.5) is 10.1 Å². The number of carbonyl (C=O) groups is 2. The number of nitrogens with zero attached hydrogens (tertiary/aromatic N) is 1. The number of benzene rings is 2. The summed E-state index contributed by atoms with van der Waals surface area (Å²) in [4.78, 5) is 30.6. The zero-order chi connectivity index (χ0) is 22.0. The zero-order valence-corrected chi connectivity index (χ0v) is 19.1. The summed E-state index contributed by atoms with van der Waals surface area (Å²) >= 11 is 9.26. The summed E-state index contributed by atoms with van der Waals surface area (Å²) in [5, 5.41) is 5.44. The molecule has 8 heteroatoms. The predicted molar refractivity (Wildman–Crippen MR) is 126 cm³/mol. The molecule has 1 N–H and O–H groups in total. The number of halogens is 2. The highest BCUT2D eigenvalue weighted by atomic mass is 35.5. The molecule has 0 saturated carbocycles. The number of thiophene rings is 1. The monoisotopic (exact) mass is 484 g/mol. The molecule has 1 spiro atoms. The Hall–Kier alpha value is -2.19. The number of amides is 1. The molecule has 6 rings (SSSR count). The van der Waals surface area contributed by atoms with Gasteiger partial charge in [-0.05, 0) is 47.3 Å². The standard InChI is InChI=1S/C24H18ClFN2O2S2/c25-14-5-3-13(4-6-14)20-18-11-31-12-28(18)24(21(20)22(29)19-2-1-9-32-19)16-10-15(26)7-8-17(16)27-23(24)30/h1-10,18,20-21H,11-12H2,(H,27,30)/t18-,20+,21+,24+/m0/s1. The maximum Gasteiger partial charge on any atom is 0.250 e. The number of hydrogen-bond acceptors (Lipinski definition) is 5. The molecule has 3 aliphatic heterocycles. The Bertz CT molecular complexity index is 1230. The van der Waals surface area contributed by atoms with Crippen LogP contribution < -0.4 is 5.32 Å². The Labute approximate surface area is 197 Å². The molecule has 2 aromatic carbocycles. The van der Waals surface area contributed by atoms with Crippen LogP contribution in [0, 0.1) is 11.7 Å². The van der Waals surface area contributed by atoms with Crippen LogP contribution >= 0.6 is 34.7 Å². The van der Waals surface area contributed by atoms with Crippen molar-refractivity contribution in [3.05, 3.63) is 86.8 Å². The highest BCUT2D eigenvalue weighted by Crippen LogP contribution is 2.61. The number of hydrogen-bond donors (Lipinski definition) is 1. The van der Waals surface area contributed by atoms with E-state index in [0.29, 0.717) is 27.0 Å². The molecule has 2 fully saturated rings. The molecule has 0 aliphatic carbocycles. The van der Waals surface area contributed by atoms with E-state index in [1.807, 2.05) is 35.7 Å². The third-order valence-corrected chi connectivity index (χ3v) is 9.06. The number of Topliss-reactive ketones (excluding diaryl/α,β-unsaturated/α-hetero) is 1. The molecule has 4 nitrogen and oxygen atoms in total. The molecule has 1 amide bonds. The lowest BCUT2D eigenvalue weighted by Crippen LogP contribution is -2.52. The second-order valence-electron chi connectivity index (χ2n) is 8.34. The first-order chi connectivity index (χ1) is 15.5. The molecule has 0 radical (unpaired) electrons. The normalized spacial score (nSPS) is 28.7. The van der Waals surface area contributed by atoms with Gasteiger partial charge in [0.2, 0.25) is 5.91 Å². The van der Waals surface area contributed by atoms with Crippen molar-refractivity contribution in [2.75, 3.05) is 16.9 Å². The average Bonchev–Trinajstić information content (AvgIpc) is 3.55. The van der Waals surface area contributed by atoms with Crippen LogP contribution in [0.1, 0.15) is 26.7 Å². The summed E-state index contributed by atoms with van der Waals surface area (Å²) in [7, 11) is 0. The van der Waals surface area contributed by atoms with Gasteiger partial charge in [-0.25, -0.2) is 4.39 Å². The number of anilines is 1. The molecule has 3 aromatic rings. The molecule has 3 aliphatic rings. The summed E-state index contributed by atoms with van der Waals surface area (Å²) in [6, 6.07) is 15.5. The van der Waals surface area contributed by atoms with Crippen molar-refractivity contribution in [3.63, 3.8) is 0 Å². The molecule has 0 bridgehead atoms. The van der Waals surface area contributed by atoms with Crippen molar-refractivity contribution in [1.82, 2.24) is 4.90 Å². The molecule has 32 heavy (non-hydrogen) atoms. The van der Waals surface area contributed by atoms with Gasteiger partial charge in [0.05, 0.1) is 10.8 Å². The number of ketones is 1. The minimum absolute atomic E-state index is 0.0324. The van der Waals surface area contributed by atoms with E-state index in [1.165, 1.54) is 23.5 Å². The van der Waals surface area contributed by atoms with Crippen LogP contribution in [0.2, 0.25) is 5.02 Å². The Kier molecular flexibility index (Phi) is 4.73. The van der Waals surface area contributed by atoms with Crippen LogP contribution in [-0.4, -0.2) is 34.3 Å². The van der Waals surface area contributed by atoms with Gasteiger partial charge in [0.25, 0.3) is 0 Å². The smallest absolute Gasteiger partial charge is 0.250 e. The van der Waals surface area contributed by atoms with Gasteiger partial charge >= 0.3 is 0 Å². The number of carbonyl (C=O) groups excluding carboxylic acids is 2. The lowest BCUT2D eigenvalue weighted by atomic mass is 9.70. The van der Waals surface area contributed by atoms with E-state index >= 15 is 0 Å². The van der Waals surface area contributed by atoms with Gasteiger partial charge in [-0.3, -0.25) is 14.5 Å². The Morgan fingerprint density at radius 3 is 2.75 bits per heavy atom. The first-order valence-electron chi connectivity index (χ1n) is 10.3. The van der Waals surface area contributed by atoms with Gasteiger partial charge in [-0.2, -0.15) is 0 Å². The van der Waals surface area contributed by atoms with E-state index in [-0.39, 0.29) is 23.7 Å². The van der Waals surface area contributed by atoms with Crippen LogP contribution in [-0.2, 0) is 10.3 Å². The van der Waals surface area contributed by atoms with Crippen LogP contribution in [0.15, 0.2) is 60.0 Å². The van der Waals surface area contributed by atoms with Gasteiger partial charge in [0.1, 0.15) is 11.4 Å². The largest absolute Gasteiger partial charge is 0.324 e. The van der Waals surface area contributed by atoms with Crippen molar-refractivity contribution >= 4 is 52.1 Å². The SMILES string of the molecule is O=C(c1cccs1)[C@H]1[C@H](c2ccc(Cl)cc2)[C@@H]2CSCN2[C@@]12C(=O)Nc1ccc(F)cc12. The summed E-state index contributed by atoms with van der Waals surface area (Å²) in [5.41, 5.74) is 0.849. The first kappa shape index (κ1) is 20.4. The predicted octanol–water partition coefficient (Wildman–Crippen LogP) is 5.36. The second-order valence-corrected chi connectivity index (χ2v) is 10.7. The second kappa shape index (κ2) is 7.42. The van der Waals surface area contributed by atoms with Crippen LogP contribution in [0.25, 0.3) is 0 Å². The number of thioether (sulfide) groups is 1. The molecule has 1 aromatic heterocycles. The lowest BCUT2D eigenvalue weighted by Gasteiger charge is -2.36.